The Bertz CT molecular complexity index is 310. The molecule has 0 bridgehead atoms. The van der Waals surface area contributed by atoms with Crippen LogP contribution in [0, 0.1) is 5.82 Å². The molecule has 76 valence electrons. The van der Waals surface area contributed by atoms with Crippen molar-refractivity contribution in [1.29, 1.82) is 0 Å². The lowest BCUT2D eigenvalue weighted by Gasteiger charge is -2.17. The molecule has 4 heteroatoms. The van der Waals surface area contributed by atoms with E-state index in [1.54, 1.807) is 31.1 Å². The van der Waals surface area contributed by atoms with E-state index in [1.807, 2.05) is 0 Å². The zero-order valence-electron chi connectivity index (χ0n) is 8.25. The van der Waals surface area contributed by atoms with Gasteiger partial charge < -0.3 is 10.2 Å². The standard InChI is InChI=1S/C10H13FN2O/c1-12-10(14)7-13(2)9-5-3-8(11)4-6-9/h3-6H,7H2,1-2H3,(H,12,14). The summed E-state index contributed by atoms with van der Waals surface area (Å²) in [7, 11) is 3.36. The monoisotopic (exact) mass is 196 g/mol. The fourth-order valence-electron chi connectivity index (χ4n) is 1.08. The van der Waals surface area contributed by atoms with Crippen molar-refractivity contribution in [3.8, 4) is 0 Å². The fourth-order valence-corrected chi connectivity index (χ4v) is 1.08. The Morgan fingerprint density at radius 2 is 2.00 bits per heavy atom. The second-order valence-corrected chi connectivity index (χ2v) is 3.01. The number of carbonyl (C=O) groups excluding carboxylic acids is 1. The summed E-state index contributed by atoms with van der Waals surface area (Å²) >= 11 is 0. The molecule has 0 heterocycles. The predicted molar refractivity (Wildman–Crippen MR) is 53.7 cm³/mol. The van der Waals surface area contributed by atoms with Gasteiger partial charge >= 0.3 is 0 Å². The Morgan fingerprint density at radius 1 is 1.43 bits per heavy atom. The first kappa shape index (κ1) is 10.5. The highest BCUT2D eigenvalue weighted by Crippen LogP contribution is 2.12. The number of nitrogens with one attached hydrogen (secondary N) is 1. The lowest BCUT2D eigenvalue weighted by atomic mass is 10.3. The molecule has 0 aliphatic heterocycles. The Labute approximate surface area is 82.5 Å². The van der Waals surface area contributed by atoms with Gasteiger partial charge in [0.25, 0.3) is 0 Å². The number of nitrogens with zero attached hydrogens (tertiary/aromatic N) is 1. The lowest BCUT2D eigenvalue weighted by Crippen LogP contribution is -2.32. The molecule has 0 aliphatic carbocycles. The van der Waals surface area contributed by atoms with E-state index in [2.05, 4.69) is 5.32 Å². The first-order valence-electron chi connectivity index (χ1n) is 4.31. The first-order chi connectivity index (χ1) is 6.63. The molecule has 1 rings (SSSR count). The predicted octanol–water partition coefficient (Wildman–Crippen LogP) is 1.01. The minimum atomic E-state index is -0.276. The molecule has 0 radical (unpaired) electrons. The Balaban J connectivity index is 2.65. The van der Waals surface area contributed by atoms with Crippen LogP contribution >= 0.6 is 0 Å². The summed E-state index contributed by atoms with van der Waals surface area (Å²) in [5, 5.41) is 2.52. The molecule has 0 fully saturated rings. The SMILES string of the molecule is CNC(=O)CN(C)c1ccc(F)cc1. The number of hydrogen-bond acceptors (Lipinski definition) is 2. The summed E-state index contributed by atoms with van der Waals surface area (Å²) in [4.78, 5) is 12.8. The van der Waals surface area contributed by atoms with Gasteiger partial charge in [0.05, 0.1) is 6.54 Å². The van der Waals surface area contributed by atoms with Crippen molar-refractivity contribution in [3.63, 3.8) is 0 Å². The minimum Gasteiger partial charge on any atom is -0.365 e. The number of amides is 1. The van der Waals surface area contributed by atoms with E-state index >= 15 is 0 Å². The van der Waals surface area contributed by atoms with Crippen molar-refractivity contribution < 1.29 is 9.18 Å². The van der Waals surface area contributed by atoms with Gasteiger partial charge in [-0.3, -0.25) is 4.79 Å². The van der Waals surface area contributed by atoms with Crippen LogP contribution in [0.3, 0.4) is 0 Å². The average Bonchev–Trinajstić information content (AvgIpc) is 2.18. The molecule has 1 N–H and O–H groups in total. The third-order valence-corrected chi connectivity index (χ3v) is 1.93. The number of benzene rings is 1. The maximum absolute atomic E-state index is 12.6. The van der Waals surface area contributed by atoms with Crippen molar-refractivity contribution in [2.45, 2.75) is 0 Å². The normalized spacial score (nSPS) is 9.64. The van der Waals surface area contributed by atoms with E-state index in [9.17, 15) is 9.18 Å². The van der Waals surface area contributed by atoms with Crippen LogP contribution in [-0.2, 0) is 4.79 Å². The van der Waals surface area contributed by atoms with Gasteiger partial charge in [0.2, 0.25) is 5.91 Å². The molecule has 1 amide bonds. The molecule has 0 spiro atoms. The van der Waals surface area contributed by atoms with Gasteiger partial charge in [0.15, 0.2) is 0 Å². The quantitative estimate of drug-likeness (QED) is 0.782. The highest BCUT2D eigenvalue weighted by atomic mass is 19.1. The van der Waals surface area contributed by atoms with Crippen molar-refractivity contribution >= 4 is 11.6 Å². The summed E-state index contributed by atoms with van der Waals surface area (Å²) < 4.78 is 12.6. The first-order valence-corrected chi connectivity index (χ1v) is 4.31. The van der Waals surface area contributed by atoms with Gasteiger partial charge in [-0.15, -0.1) is 0 Å². The maximum Gasteiger partial charge on any atom is 0.239 e. The summed E-state index contributed by atoms with van der Waals surface area (Å²) in [5.41, 5.74) is 0.815. The van der Waals surface area contributed by atoms with E-state index in [1.165, 1.54) is 12.1 Å². The van der Waals surface area contributed by atoms with Gasteiger partial charge in [-0.25, -0.2) is 4.39 Å². The van der Waals surface area contributed by atoms with E-state index in [0.717, 1.165) is 5.69 Å². The number of anilines is 1. The van der Waals surface area contributed by atoms with E-state index in [0.29, 0.717) is 0 Å². The smallest absolute Gasteiger partial charge is 0.239 e. The summed E-state index contributed by atoms with van der Waals surface area (Å²) in [6, 6.07) is 6.02. The second-order valence-electron chi connectivity index (χ2n) is 3.01. The second kappa shape index (κ2) is 4.60. The molecule has 14 heavy (non-hydrogen) atoms. The molecular weight excluding hydrogens is 183 g/mol. The van der Waals surface area contributed by atoms with Crippen LogP contribution < -0.4 is 10.2 Å². The van der Waals surface area contributed by atoms with Crippen LogP contribution in [0.25, 0.3) is 0 Å². The molecule has 0 aliphatic rings. The highest BCUT2D eigenvalue weighted by molar-refractivity contribution is 5.80. The number of halogens is 1. The third-order valence-electron chi connectivity index (χ3n) is 1.93. The molecular formula is C10H13FN2O. The van der Waals surface area contributed by atoms with E-state index in [-0.39, 0.29) is 18.3 Å². The van der Waals surface area contributed by atoms with Crippen LogP contribution in [0.15, 0.2) is 24.3 Å². The van der Waals surface area contributed by atoms with Gasteiger partial charge in [-0.1, -0.05) is 0 Å². The van der Waals surface area contributed by atoms with Gasteiger partial charge in [0.1, 0.15) is 5.82 Å². The maximum atomic E-state index is 12.6. The topological polar surface area (TPSA) is 32.3 Å². The van der Waals surface area contributed by atoms with Crippen LogP contribution in [0.1, 0.15) is 0 Å². The Hall–Kier alpha value is -1.58. The Morgan fingerprint density at radius 3 is 2.50 bits per heavy atom. The van der Waals surface area contributed by atoms with Crippen LogP contribution in [0.4, 0.5) is 10.1 Å². The molecule has 0 aromatic heterocycles. The molecule has 0 atom stereocenters. The van der Waals surface area contributed by atoms with Crippen molar-refractivity contribution in [1.82, 2.24) is 5.32 Å². The molecule has 0 unspecified atom stereocenters. The van der Waals surface area contributed by atoms with Crippen LogP contribution in [0.5, 0.6) is 0 Å². The number of hydrogen-bond donors (Lipinski definition) is 1. The molecule has 1 aromatic rings. The summed E-state index contributed by atoms with van der Waals surface area (Å²) in [5.74, 6) is -0.348. The van der Waals surface area contributed by atoms with Crippen LogP contribution in [0.2, 0.25) is 0 Å². The summed E-state index contributed by atoms with van der Waals surface area (Å²) in [6.07, 6.45) is 0. The number of rotatable bonds is 3. The van der Waals surface area contributed by atoms with Crippen molar-refractivity contribution in [2.75, 3.05) is 25.5 Å². The van der Waals surface area contributed by atoms with Crippen molar-refractivity contribution in [2.24, 2.45) is 0 Å². The summed E-state index contributed by atoms with van der Waals surface area (Å²) in [6.45, 7) is 0.266. The van der Waals surface area contributed by atoms with Crippen LogP contribution in [-0.4, -0.2) is 26.5 Å². The van der Waals surface area contributed by atoms with Gasteiger partial charge in [-0.2, -0.15) is 0 Å². The lowest BCUT2D eigenvalue weighted by molar-refractivity contribution is -0.119. The Kier molecular flexibility index (Phi) is 3.45. The average molecular weight is 196 g/mol. The largest absolute Gasteiger partial charge is 0.365 e. The third kappa shape index (κ3) is 2.73. The van der Waals surface area contributed by atoms with E-state index in [4.69, 9.17) is 0 Å². The fraction of sp³-hybridized carbons (Fsp3) is 0.300. The van der Waals surface area contributed by atoms with Crippen molar-refractivity contribution in [3.05, 3.63) is 30.1 Å². The zero-order valence-corrected chi connectivity index (χ0v) is 8.25. The molecule has 0 saturated carbocycles. The van der Waals surface area contributed by atoms with E-state index < -0.39 is 0 Å². The van der Waals surface area contributed by atoms with Gasteiger partial charge in [0, 0.05) is 19.8 Å². The highest BCUT2D eigenvalue weighted by Gasteiger charge is 2.04. The zero-order chi connectivity index (χ0) is 10.6. The van der Waals surface area contributed by atoms with Gasteiger partial charge in [-0.05, 0) is 24.3 Å². The number of likely N-dealkylation sites (N-methyl/N-ethyl adjacent to an activating group) is 2. The minimum absolute atomic E-state index is 0.0724. The molecule has 1 aromatic carbocycles. The molecule has 3 nitrogen and oxygen atoms in total. The molecule has 0 saturated heterocycles. The number of carbonyl (C=O) groups is 1.